The monoisotopic (exact) mass is 328 g/mol. The minimum Gasteiger partial charge on any atom is -0.314 e. The van der Waals surface area contributed by atoms with Crippen LogP contribution in [0.1, 0.15) is 23.5 Å². The predicted molar refractivity (Wildman–Crippen MR) is 98.3 cm³/mol. The third-order valence-corrected chi connectivity index (χ3v) is 4.95. The van der Waals surface area contributed by atoms with Crippen molar-refractivity contribution in [1.82, 2.24) is 10.2 Å². The summed E-state index contributed by atoms with van der Waals surface area (Å²) in [5.41, 5.74) is 2.78. The standard InChI is InChI=1S/C20H25ClN2/c21-12-7-14-23-15-13-22-16-19(23)20(17-8-3-1-4-9-17)18-10-5-2-6-11-18/h1-6,8-11,19-20,22H,7,12-16H2. The van der Waals surface area contributed by atoms with Gasteiger partial charge in [0.25, 0.3) is 0 Å². The third-order valence-electron chi connectivity index (χ3n) is 4.68. The molecule has 1 atom stereocenters. The Morgan fingerprint density at radius 3 is 2.17 bits per heavy atom. The number of benzene rings is 2. The summed E-state index contributed by atoms with van der Waals surface area (Å²) in [7, 11) is 0. The molecular weight excluding hydrogens is 304 g/mol. The Morgan fingerprint density at radius 2 is 1.61 bits per heavy atom. The number of piperazine rings is 1. The molecule has 0 radical (unpaired) electrons. The van der Waals surface area contributed by atoms with Crippen molar-refractivity contribution in [3.63, 3.8) is 0 Å². The lowest BCUT2D eigenvalue weighted by Crippen LogP contribution is -2.54. The average Bonchev–Trinajstić information content (AvgIpc) is 2.63. The molecule has 0 bridgehead atoms. The summed E-state index contributed by atoms with van der Waals surface area (Å²) in [6, 6.07) is 22.3. The lowest BCUT2D eigenvalue weighted by atomic mass is 9.83. The Bertz CT molecular complexity index is 533. The molecule has 1 aliphatic rings. The lowest BCUT2D eigenvalue weighted by Gasteiger charge is -2.41. The first kappa shape index (κ1) is 16.5. The number of halogens is 1. The second-order valence-corrected chi connectivity index (χ2v) is 6.53. The molecule has 0 spiro atoms. The van der Waals surface area contributed by atoms with Crippen molar-refractivity contribution in [2.24, 2.45) is 0 Å². The third kappa shape index (κ3) is 4.14. The minimum atomic E-state index is 0.389. The maximum atomic E-state index is 5.94. The highest BCUT2D eigenvalue weighted by molar-refractivity contribution is 6.17. The summed E-state index contributed by atoms with van der Waals surface area (Å²) in [5, 5.41) is 3.59. The lowest BCUT2D eigenvalue weighted by molar-refractivity contribution is 0.148. The van der Waals surface area contributed by atoms with Gasteiger partial charge in [-0.15, -0.1) is 11.6 Å². The summed E-state index contributed by atoms with van der Waals surface area (Å²) in [5.74, 6) is 1.12. The number of hydrogen-bond acceptors (Lipinski definition) is 2. The number of nitrogens with zero attached hydrogens (tertiary/aromatic N) is 1. The zero-order valence-electron chi connectivity index (χ0n) is 13.5. The first-order chi connectivity index (χ1) is 11.4. The van der Waals surface area contributed by atoms with E-state index in [1.807, 2.05) is 0 Å². The zero-order valence-corrected chi connectivity index (χ0v) is 14.3. The molecule has 3 rings (SSSR count). The number of alkyl halides is 1. The van der Waals surface area contributed by atoms with Crippen LogP contribution in [0.15, 0.2) is 60.7 Å². The average molecular weight is 329 g/mol. The van der Waals surface area contributed by atoms with Gasteiger partial charge in [-0.25, -0.2) is 0 Å². The van der Waals surface area contributed by atoms with E-state index in [2.05, 4.69) is 70.9 Å². The first-order valence-electron chi connectivity index (χ1n) is 8.51. The van der Waals surface area contributed by atoms with Crippen LogP contribution in [0.3, 0.4) is 0 Å². The van der Waals surface area contributed by atoms with Gasteiger partial charge in [0.15, 0.2) is 0 Å². The van der Waals surface area contributed by atoms with E-state index >= 15 is 0 Å². The van der Waals surface area contributed by atoms with Crippen molar-refractivity contribution < 1.29 is 0 Å². The van der Waals surface area contributed by atoms with Gasteiger partial charge >= 0.3 is 0 Å². The van der Waals surface area contributed by atoms with Crippen LogP contribution in [-0.4, -0.2) is 43.0 Å². The van der Waals surface area contributed by atoms with Gasteiger partial charge in [-0.05, 0) is 24.1 Å². The van der Waals surface area contributed by atoms with Crippen molar-refractivity contribution in [1.29, 1.82) is 0 Å². The molecule has 122 valence electrons. The van der Waals surface area contributed by atoms with Crippen LogP contribution in [0.5, 0.6) is 0 Å². The molecule has 3 heteroatoms. The van der Waals surface area contributed by atoms with E-state index in [0.29, 0.717) is 12.0 Å². The largest absolute Gasteiger partial charge is 0.314 e. The van der Waals surface area contributed by atoms with Crippen molar-refractivity contribution >= 4 is 11.6 Å². The van der Waals surface area contributed by atoms with Gasteiger partial charge < -0.3 is 5.32 Å². The Morgan fingerprint density at radius 1 is 1.00 bits per heavy atom. The zero-order chi connectivity index (χ0) is 15.9. The normalized spacial score (nSPS) is 19.1. The molecule has 1 heterocycles. The van der Waals surface area contributed by atoms with E-state index in [1.54, 1.807) is 0 Å². The van der Waals surface area contributed by atoms with Gasteiger partial charge in [0.2, 0.25) is 0 Å². The molecule has 2 nitrogen and oxygen atoms in total. The second-order valence-electron chi connectivity index (χ2n) is 6.15. The first-order valence-corrected chi connectivity index (χ1v) is 9.04. The van der Waals surface area contributed by atoms with Gasteiger partial charge in [0.05, 0.1) is 0 Å². The SMILES string of the molecule is ClCCCN1CCNCC1C(c1ccccc1)c1ccccc1. The highest BCUT2D eigenvalue weighted by atomic mass is 35.5. The van der Waals surface area contributed by atoms with Crippen molar-refractivity contribution in [3.05, 3.63) is 71.8 Å². The summed E-state index contributed by atoms with van der Waals surface area (Å²) in [6.45, 7) is 4.26. The fraction of sp³-hybridized carbons (Fsp3) is 0.400. The topological polar surface area (TPSA) is 15.3 Å². The van der Waals surface area contributed by atoms with Gasteiger partial charge in [-0.2, -0.15) is 0 Å². The highest BCUT2D eigenvalue weighted by Gasteiger charge is 2.31. The molecule has 1 fully saturated rings. The molecule has 2 aromatic carbocycles. The van der Waals surface area contributed by atoms with Gasteiger partial charge in [0.1, 0.15) is 0 Å². The highest BCUT2D eigenvalue weighted by Crippen LogP contribution is 2.31. The Labute approximate surface area is 144 Å². The maximum absolute atomic E-state index is 5.94. The smallest absolute Gasteiger partial charge is 0.0330 e. The molecule has 1 saturated heterocycles. The fourth-order valence-corrected chi connectivity index (χ4v) is 3.71. The fourth-order valence-electron chi connectivity index (χ4n) is 3.59. The minimum absolute atomic E-state index is 0.389. The van der Waals surface area contributed by atoms with E-state index < -0.39 is 0 Å². The van der Waals surface area contributed by atoms with Crippen molar-refractivity contribution in [2.75, 3.05) is 32.1 Å². The van der Waals surface area contributed by atoms with Crippen LogP contribution in [0.2, 0.25) is 0 Å². The van der Waals surface area contributed by atoms with Gasteiger partial charge in [-0.3, -0.25) is 4.90 Å². The molecule has 2 aromatic rings. The molecule has 1 unspecified atom stereocenters. The molecule has 0 saturated carbocycles. The van der Waals surface area contributed by atoms with Crippen LogP contribution in [0.4, 0.5) is 0 Å². The molecule has 23 heavy (non-hydrogen) atoms. The van der Waals surface area contributed by atoms with Crippen molar-refractivity contribution in [2.45, 2.75) is 18.4 Å². The van der Waals surface area contributed by atoms with E-state index in [9.17, 15) is 0 Å². The van der Waals surface area contributed by atoms with E-state index in [4.69, 9.17) is 11.6 Å². The molecule has 1 N–H and O–H groups in total. The molecule has 0 aromatic heterocycles. The number of rotatable bonds is 6. The van der Waals surface area contributed by atoms with Crippen LogP contribution in [0.25, 0.3) is 0 Å². The van der Waals surface area contributed by atoms with E-state index in [0.717, 1.165) is 38.5 Å². The molecule has 1 aliphatic heterocycles. The quantitative estimate of drug-likeness (QED) is 0.813. The predicted octanol–water partition coefficient (Wildman–Crippen LogP) is 3.72. The van der Waals surface area contributed by atoms with E-state index in [-0.39, 0.29) is 0 Å². The van der Waals surface area contributed by atoms with Crippen molar-refractivity contribution in [3.8, 4) is 0 Å². The Kier molecular flexibility index (Phi) is 6.09. The second kappa shape index (κ2) is 8.49. The molecule has 0 aliphatic carbocycles. The summed E-state index contributed by atoms with van der Waals surface area (Å²) < 4.78 is 0. The maximum Gasteiger partial charge on any atom is 0.0330 e. The Hall–Kier alpha value is -1.35. The number of hydrogen-bond donors (Lipinski definition) is 1. The Balaban J connectivity index is 1.93. The van der Waals surface area contributed by atoms with Gasteiger partial charge in [0, 0.05) is 37.5 Å². The van der Waals surface area contributed by atoms with Crippen LogP contribution in [-0.2, 0) is 0 Å². The molecule has 0 amide bonds. The summed E-state index contributed by atoms with van der Waals surface area (Å²) >= 11 is 5.94. The van der Waals surface area contributed by atoms with Crippen LogP contribution >= 0.6 is 11.6 Å². The summed E-state index contributed by atoms with van der Waals surface area (Å²) in [4.78, 5) is 2.61. The van der Waals surface area contributed by atoms with Crippen LogP contribution < -0.4 is 5.32 Å². The van der Waals surface area contributed by atoms with Gasteiger partial charge in [-0.1, -0.05) is 60.7 Å². The summed E-state index contributed by atoms with van der Waals surface area (Å²) in [6.07, 6.45) is 1.05. The molecular formula is C20H25ClN2. The van der Waals surface area contributed by atoms with E-state index in [1.165, 1.54) is 11.1 Å². The van der Waals surface area contributed by atoms with Crippen LogP contribution in [0, 0.1) is 0 Å². The number of nitrogens with one attached hydrogen (secondary N) is 1.